The Morgan fingerprint density at radius 3 is 2.70 bits per heavy atom. The molecule has 2 aromatic rings. The molecule has 0 aromatic heterocycles. The maximum atomic E-state index is 13.8. The number of hydrogen-bond donors (Lipinski definition) is 1. The number of hydrogen-bond acceptors (Lipinski definition) is 4. The average molecular weight is 412 g/mol. The van der Waals surface area contributed by atoms with Gasteiger partial charge in [0.1, 0.15) is 12.4 Å². The van der Waals surface area contributed by atoms with E-state index < -0.39 is 23.6 Å². The van der Waals surface area contributed by atoms with Gasteiger partial charge >= 0.3 is 6.09 Å². The molecule has 2 saturated heterocycles. The fourth-order valence-electron chi connectivity index (χ4n) is 4.70. The lowest BCUT2D eigenvalue weighted by atomic mass is 9.79. The Kier molecular flexibility index (Phi) is 5.47. The number of carbonyl (C=O) groups is 2. The van der Waals surface area contributed by atoms with Crippen LogP contribution in [0.5, 0.6) is 0 Å². The first-order valence-corrected chi connectivity index (χ1v) is 10.1. The number of likely N-dealkylation sites (tertiary alicyclic amines) is 1. The summed E-state index contributed by atoms with van der Waals surface area (Å²) < 4.78 is 19.3. The molecule has 0 bridgehead atoms. The Morgan fingerprint density at radius 1 is 1.23 bits per heavy atom. The first kappa shape index (κ1) is 20.3. The predicted molar refractivity (Wildman–Crippen MR) is 109 cm³/mol. The summed E-state index contributed by atoms with van der Waals surface area (Å²) in [5.41, 5.74) is 0.477. The van der Waals surface area contributed by atoms with Crippen LogP contribution in [0.3, 0.4) is 0 Å². The molecular weight excluding hydrogens is 387 g/mol. The van der Waals surface area contributed by atoms with Crippen LogP contribution in [0, 0.1) is 5.82 Å². The van der Waals surface area contributed by atoms with Crippen molar-refractivity contribution in [3.05, 3.63) is 66.0 Å². The number of nitrogens with zero attached hydrogens (tertiary/aromatic N) is 2. The first-order chi connectivity index (χ1) is 14.4. The quantitative estimate of drug-likeness (QED) is 0.838. The Bertz CT molecular complexity index is 938. The van der Waals surface area contributed by atoms with Gasteiger partial charge in [-0.1, -0.05) is 36.4 Å². The summed E-state index contributed by atoms with van der Waals surface area (Å²) in [4.78, 5) is 28.5. The highest BCUT2D eigenvalue weighted by molar-refractivity contribution is 5.98. The average Bonchev–Trinajstić information content (AvgIpc) is 2.96. The zero-order valence-corrected chi connectivity index (χ0v) is 16.8. The van der Waals surface area contributed by atoms with Crippen molar-refractivity contribution in [2.75, 3.05) is 11.4 Å². The highest BCUT2D eigenvalue weighted by atomic mass is 19.1. The second-order valence-corrected chi connectivity index (χ2v) is 8.07. The van der Waals surface area contributed by atoms with Gasteiger partial charge in [-0.3, -0.25) is 4.79 Å². The molecule has 0 aliphatic carbocycles. The number of aliphatic hydroxyl groups excluding tert-OH is 1. The summed E-state index contributed by atoms with van der Waals surface area (Å²) in [6, 6.07) is 15.0. The van der Waals surface area contributed by atoms with Crippen LogP contribution >= 0.6 is 0 Å². The number of benzene rings is 2. The number of piperidine rings is 1. The molecule has 1 spiro atoms. The van der Waals surface area contributed by atoms with Gasteiger partial charge in [-0.15, -0.1) is 0 Å². The number of ether oxygens (including phenoxy) is 1. The van der Waals surface area contributed by atoms with Crippen molar-refractivity contribution < 1.29 is 23.8 Å². The second-order valence-electron chi connectivity index (χ2n) is 8.07. The van der Waals surface area contributed by atoms with Crippen LogP contribution in [-0.2, 0) is 16.1 Å². The van der Waals surface area contributed by atoms with Crippen LogP contribution in [-0.4, -0.2) is 46.2 Å². The third-order valence-electron chi connectivity index (χ3n) is 6.16. The topological polar surface area (TPSA) is 70.1 Å². The summed E-state index contributed by atoms with van der Waals surface area (Å²) in [6.45, 7) is 2.40. The molecule has 2 aliphatic heterocycles. The van der Waals surface area contributed by atoms with Crippen molar-refractivity contribution in [2.24, 2.45) is 0 Å². The van der Waals surface area contributed by atoms with Gasteiger partial charge in [0.2, 0.25) is 5.91 Å². The zero-order chi connectivity index (χ0) is 21.3. The molecule has 7 heteroatoms. The molecule has 2 amide bonds. The molecule has 3 atom stereocenters. The van der Waals surface area contributed by atoms with Crippen molar-refractivity contribution in [3.63, 3.8) is 0 Å². The van der Waals surface area contributed by atoms with Crippen molar-refractivity contribution in [1.82, 2.24) is 4.90 Å². The van der Waals surface area contributed by atoms with Crippen LogP contribution in [0.15, 0.2) is 54.6 Å². The maximum absolute atomic E-state index is 13.8. The number of anilines is 1. The Hall–Kier alpha value is -2.93. The number of halogens is 1. The summed E-state index contributed by atoms with van der Waals surface area (Å²) >= 11 is 0. The normalized spacial score (nSPS) is 26.3. The van der Waals surface area contributed by atoms with Crippen molar-refractivity contribution in [3.8, 4) is 0 Å². The van der Waals surface area contributed by atoms with E-state index in [1.165, 1.54) is 17.0 Å². The van der Waals surface area contributed by atoms with Crippen LogP contribution < -0.4 is 4.90 Å². The first-order valence-electron chi connectivity index (χ1n) is 10.1. The van der Waals surface area contributed by atoms with Gasteiger partial charge < -0.3 is 19.6 Å². The summed E-state index contributed by atoms with van der Waals surface area (Å²) in [7, 11) is 0. The van der Waals surface area contributed by atoms with Crippen LogP contribution in [0.1, 0.15) is 31.7 Å². The van der Waals surface area contributed by atoms with E-state index in [-0.39, 0.29) is 25.0 Å². The van der Waals surface area contributed by atoms with Gasteiger partial charge in [0.05, 0.1) is 18.1 Å². The Morgan fingerprint density at radius 2 is 2.00 bits per heavy atom. The van der Waals surface area contributed by atoms with E-state index in [9.17, 15) is 19.1 Å². The van der Waals surface area contributed by atoms with E-state index in [1.54, 1.807) is 17.0 Å². The van der Waals surface area contributed by atoms with E-state index in [0.29, 0.717) is 25.1 Å². The van der Waals surface area contributed by atoms with Gasteiger partial charge in [-0.05, 0) is 43.5 Å². The molecule has 0 saturated carbocycles. The monoisotopic (exact) mass is 412 g/mol. The highest BCUT2D eigenvalue weighted by Gasteiger charge is 2.56. The third-order valence-corrected chi connectivity index (χ3v) is 6.16. The van der Waals surface area contributed by atoms with Gasteiger partial charge in [-0.2, -0.15) is 0 Å². The van der Waals surface area contributed by atoms with Gasteiger partial charge in [0.15, 0.2) is 0 Å². The van der Waals surface area contributed by atoms with Crippen LogP contribution in [0.25, 0.3) is 0 Å². The van der Waals surface area contributed by atoms with Crippen molar-refractivity contribution in [1.29, 1.82) is 0 Å². The molecule has 2 aliphatic rings. The standard InChI is InChI=1S/C23H25FN2O4/c1-16-14-23(10-11-25(16)22(29)30-15-17-6-3-2-4-7-17)20(27)13-21(28)26(23)19-9-5-8-18(24)12-19/h2-9,12,16,20,27H,10-11,13-15H2,1H3/t16-,20?,23+/m0/s1. The minimum Gasteiger partial charge on any atom is -0.445 e. The SMILES string of the molecule is C[C@H]1C[C@]2(CCN1C(=O)OCc1ccccc1)C(O)CC(=O)N2c1cccc(F)c1. The van der Waals surface area contributed by atoms with Crippen LogP contribution in [0.4, 0.5) is 14.9 Å². The summed E-state index contributed by atoms with van der Waals surface area (Å²) in [5.74, 6) is -0.674. The number of carbonyl (C=O) groups excluding carboxylic acids is 2. The molecule has 2 fully saturated rings. The number of rotatable bonds is 3. The largest absolute Gasteiger partial charge is 0.445 e. The van der Waals surface area contributed by atoms with Gasteiger partial charge in [0.25, 0.3) is 0 Å². The minimum atomic E-state index is -0.877. The number of aliphatic hydroxyl groups is 1. The predicted octanol–water partition coefficient (Wildman–Crippen LogP) is 3.48. The van der Waals surface area contributed by atoms with Crippen LogP contribution in [0.2, 0.25) is 0 Å². The molecule has 2 heterocycles. The molecule has 0 radical (unpaired) electrons. The third kappa shape index (κ3) is 3.65. The van der Waals surface area contributed by atoms with Gasteiger partial charge in [0, 0.05) is 18.3 Å². The lowest BCUT2D eigenvalue weighted by Gasteiger charge is -2.48. The van der Waals surface area contributed by atoms with E-state index in [0.717, 1.165) is 5.56 Å². The van der Waals surface area contributed by atoms with E-state index in [2.05, 4.69) is 0 Å². The van der Waals surface area contributed by atoms with E-state index in [1.807, 2.05) is 37.3 Å². The summed E-state index contributed by atoms with van der Waals surface area (Å²) in [6.07, 6.45) is -0.532. The molecule has 4 rings (SSSR count). The zero-order valence-electron chi connectivity index (χ0n) is 16.8. The summed E-state index contributed by atoms with van der Waals surface area (Å²) in [5, 5.41) is 10.8. The molecule has 2 aromatic carbocycles. The molecule has 6 nitrogen and oxygen atoms in total. The van der Waals surface area contributed by atoms with E-state index in [4.69, 9.17) is 4.74 Å². The fraction of sp³-hybridized carbons (Fsp3) is 0.391. The van der Waals surface area contributed by atoms with E-state index >= 15 is 0 Å². The molecule has 158 valence electrons. The number of amides is 2. The molecule has 1 unspecified atom stereocenters. The molecule has 30 heavy (non-hydrogen) atoms. The maximum Gasteiger partial charge on any atom is 0.410 e. The lowest BCUT2D eigenvalue weighted by Crippen LogP contribution is -2.61. The lowest BCUT2D eigenvalue weighted by molar-refractivity contribution is -0.117. The minimum absolute atomic E-state index is 0.0122. The Labute approximate surface area is 174 Å². The second kappa shape index (κ2) is 8.07. The Balaban J connectivity index is 1.50. The van der Waals surface area contributed by atoms with Crippen molar-refractivity contribution in [2.45, 2.75) is 50.5 Å². The highest BCUT2D eigenvalue weighted by Crippen LogP contribution is 2.44. The fourth-order valence-corrected chi connectivity index (χ4v) is 4.70. The molecule has 1 N–H and O–H groups in total. The van der Waals surface area contributed by atoms with Crippen molar-refractivity contribution >= 4 is 17.7 Å². The molecular formula is C23H25FN2O4. The smallest absolute Gasteiger partial charge is 0.410 e. The van der Waals surface area contributed by atoms with Gasteiger partial charge in [-0.25, -0.2) is 9.18 Å².